The number of rotatable bonds is 7. The number of hydrogen-bond donors (Lipinski definition) is 3. The number of aryl methyl sites for hydroxylation is 1. The fourth-order valence-corrected chi connectivity index (χ4v) is 1.75. The van der Waals surface area contributed by atoms with E-state index in [9.17, 15) is 4.79 Å². The van der Waals surface area contributed by atoms with Crippen LogP contribution in [0.3, 0.4) is 0 Å². The Hall–Kier alpha value is -1.85. The van der Waals surface area contributed by atoms with Crippen molar-refractivity contribution in [3.8, 4) is 0 Å². The molecule has 0 radical (unpaired) electrons. The number of nitrogens with zero attached hydrogens (tertiary/aromatic N) is 2. The second-order valence-electron chi connectivity index (χ2n) is 5.26. The molecule has 0 fully saturated rings. The SMILES string of the molecule is CCNc1cc(NCC(C)(C)C(=O)NC)nc(CC)n1. The summed E-state index contributed by atoms with van der Waals surface area (Å²) in [5.74, 6) is 2.33. The lowest BCUT2D eigenvalue weighted by Crippen LogP contribution is -2.39. The molecule has 0 aliphatic heterocycles. The Balaban J connectivity index is 2.81. The maximum absolute atomic E-state index is 11.8. The van der Waals surface area contributed by atoms with Crippen LogP contribution in [0.25, 0.3) is 0 Å². The third-order valence-electron chi connectivity index (χ3n) is 3.00. The maximum atomic E-state index is 11.8. The Kier molecular flexibility index (Phi) is 5.73. The lowest BCUT2D eigenvalue weighted by Gasteiger charge is -2.23. The molecule has 6 heteroatoms. The molecule has 1 heterocycles. The highest BCUT2D eigenvalue weighted by atomic mass is 16.2. The van der Waals surface area contributed by atoms with E-state index in [1.165, 1.54) is 0 Å². The number of aromatic nitrogens is 2. The summed E-state index contributed by atoms with van der Waals surface area (Å²) in [6, 6.07) is 1.86. The van der Waals surface area contributed by atoms with Crippen LogP contribution in [0.4, 0.5) is 11.6 Å². The quantitative estimate of drug-likeness (QED) is 0.707. The van der Waals surface area contributed by atoms with E-state index in [-0.39, 0.29) is 5.91 Å². The Labute approximate surface area is 120 Å². The smallest absolute Gasteiger partial charge is 0.227 e. The van der Waals surface area contributed by atoms with E-state index in [1.807, 2.05) is 33.8 Å². The second kappa shape index (κ2) is 7.07. The molecule has 0 aliphatic carbocycles. The van der Waals surface area contributed by atoms with Gasteiger partial charge in [-0.2, -0.15) is 0 Å². The van der Waals surface area contributed by atoms with Gasteiger partial charge in [-0.25, -0.2) is 9.97 Å². The molecule has 3 N–H and O–H groups in total. The Morgan fingerprint density at radius 3 is 2.30 bits per heavy atom. The van der Waals surface area contributed by atoms with Crippen molar-refractivity contribution < 1.29 is 4.79 Å². The summed E-state index contributed by atoms with van der Waals surface area (Å²) in [5.41, 5.74) is -0.496. The topological polar surface area (TPSA) is 78.9 Å². The molecule has 0 spiro atoms. The molecule has 0 aromatic carbocycles. The first-order valence-corrected chi connectivity index (χ1v) is 7.00. The number of hydrogen-bond acceptors (Lipinski definition) is 5. The fraction of sp³-hybridized carbons (Fsp3) is 0.643. The van der Waals surface area contributed by atoms with Gasteiger partial charge in [0.2, 0.25) is 5.91 Å². The zero-order valence-electron chi connectivity index (χ0n) is 13.0. The van der Waals surface area contributed by atoms with Crippen molar-refractivity contribution in [2.45, 2.75) is 34.1 Å². The molecule has 1 amide bonds. The standard InChI is InChI=1S/C14H25N5O/c1-6-10-18-11(16-7-2)8-12(19-10)17-9-14(3,4)13(20)15-5/h8H,6-7,9H2,1-5H3,(H,15,20)(H2,16,17,18,19). The van der Waals surface area contributed by atoms with Crippen LogP contribution in [0, 0.1) is 5.41 Å². The minimum atomic E-state index is -0.496. The zero-order valence-corrected chi connectivity index (χ0v) is 13.0. The summed E-state index contributed by atoms with van der Waals surface area (Å²) in [6.07, 6.45) is 0.771. The zero-order chi connectivity index (χ0) is 15.2. The molecule has 6 nitrogen and oxygen atoms in total. The summed E-state index contributed by atoms with van der Waals surface area (Å²) in [4.78, 5) is 20.6. The van der Waals surface area contributed by atoms with Crippen molar-refractivity contribution in [2.75, 3.05) is 30.8 Å². The molecule has 112 valence electrons. The van der Waals surface area contributed by atoms with E-state index >= 15 is 0 Å². The first kappa shape index (κ1) is 16.2. The molecule has 0 unspecified atom stereocenters. The lowest BCUT2D eigenvalue weighted by molar-refractivity contribution is -0.128. The Morgan fingerprint density at radius 2 is 1.80 bits per heavy atom. The molecule has 20 heavy (non-hydrogen) atoms. The van der Waals surface area contributed by atoms with Crippen molar-refractivity contribution in [1.82, 2.24) is 15.3 Å². The Bertz CT molecular complexity index is 459. The first-order valence-electron chi connectivity index (χ1n) is 7.00. The van der Waals surface area contributed by atoms with E-state index in [4.69, 9.17) is 0 Å². The fourth-order valence-electron chi connectivity index (χ4n) is 1.75. The third-order valence-corrected chi connectivity index (χ3v) is 3.00. The van der Waals surface area contributed by atoms with E-state index < -0.39 is 5.41 Å². The van der Waals surface area contributed by atoms with Gasteiger partial charge in [0, 0.05) is 32.6 Å². The van der Waals surface area contributed by atoms with Gasteiger partial charge in [-0.05, 0) is 20.8 Å². The predicted octanol–water partition coefficient (Wildman–Crippen LogP) is 1.65. The minimum absolute atomic E-state index is 0.00155. The monoisotopic (exact) mass is 279 g/mol. The van der Waals surface area contributed by atoms with Gasteiger partial charge in [0.15, 0.2) is 0 Å². The van der Waals surface area contributed by atoms with Gasteiger partial charge in [0.1, 0.15) is 17.5 Å². The van der Waals surface area contributed by atoms with Gasteiger partial charge in [-0.1, -0.05) is 6.92 Å². The normalized spacial score (nSPS) is 11.1. The minimum Gasteiger partial charge on any atom is -0.370 e. The molecule has 0 atom stereocenters. The average molecular weight is 279 g/mol. The molecular weight excluding hydrogens is 254 g/mol. The van der Waals surface area contributed by atoms with Gasteiger partial charge in [0.05, 0.1) is 5.41 Å². The van der Waals surface area contributed by atoms with E-state index in [1.54, 1.807) is 7.05 Å². The van der Waals surface area contributed by atoms with Gasteiger partial charge in [0.25, 0.3) is 0 Å². The summed E-state index contributed by atoms with van der Waals surface area (Å²) < 4.78 is 0. The molecule has 0 bridgehead atoms. The summed E-state index contributed by atoms with van der Waals surface area (Å²) in [6.45, 7) is 9.15. The lowest BCUT2D eigenvalue weighted by atomic mass is 9.92. The average Bonchev–Trinajstić information content (AvgIpc) is 2.44. The third kappa shape index (κ3) is 4.36. The molecule has 1 aromatic heterocycles. The number of nitrogens with one attached hydrogen (secondary N) is 3. The molecule has 0 saturated heterocycles. The van der Waals surface area contributed by atoms with Crippen molar-refractivity contribution in [3.63, 3.8) is 0 Å². The molecule has 1 aromatic rings. The number of carbonyl (C=O) groups excluding carboxylic acids is 1. The van der Waals surface area contributed by atoms with Gasteiger partial charge in [-0.15, -0.1) is 0 Å². The number of carbonyl (C=O) groups is 1. The summed E-state index contributed by atoms with van der Waals surface area (Å²) in [5, 5.41) is 9.08. The number of amides is 1. The van der Waals surface area contributed by atoms with E-state index in [0.29, 0.717) is 6.54 Å². The van der Waals surface area contributed by atoms with Crippen molar-refractivity contribution in [3.05, 3.63) is 11.9 Å². The summed E-state index contributed by atoms with van der Waals surface area (Å²) >= 11 is 0. The molecule has 0 aliphatic rings. The second-order valence-corrected chi connectivity index (χ2v) is 5.26. The largest absolute Gasteiger partial charge is 0.370 e. The highest BCUT2D eigenvalue weighted by molar-refractivity contribution is 5.82. The van der Waals surface area contributed by atoms with Crippen LogP contribution in [0.15, 0.2) is 6.07 Å². The predicted molar refractivity (Wildman–Crippen MR) is 81.9 cm³/mol. The summed E-state index contributed by atoms with van der Waals surface area (Å²) in [7, 11) is 1.65. The van der Waals surface area contributed by atoms with Crippen LogP contribution in [0.1, 0.15) is 33.5 Å². The van der Waals surface area contributed by atoms with Crippen LogP contribution in [0.5, 0.6) is 0 Å². The van der Waals surface area contributed by atoms with Gasteiger partial charge < -0.3 is 16.0 Å². The van der Waals surface area contributed by atoms with Crippen LogP contribution in [0.2, 0.25) is 0 Å². The van der Waals surface area contributed by atoms with E-state index in [0.717, 1.165) is 30.4 Å². The van der Waals surface area contributed by atoms with Gasteiger partial charge >= 0.3 is 0 Å². The van der Waals surface area contributed by atoms with Gasteiger partial charge in [-0.3, -0.25) is 4.79 Å². The van der Waals surface area contributed by atoms with E-state index in [2.05, 4.69) is 25.9 Å². The van der Waals surface area contributed by atoms with Crippen LogP contribution in [-0.4, -0.2) is 36.0 Å². The van der Waals surface area contributed by atoms with Crippen LogP contribution >= 0.6 is 0 Å². The molecular formula is C14H25N5O. The van der Waals surface area contributed by atoms with Crippen LogP contribution < -0.4 is 16.0 Å². The van der Waals surface area contributed by atoms with Crippen molar-refractivity contribution in [2.24, 2.45) is 5.41 Å². The number of anilines is 2. The van der Waals surface area contributed by atoms with Crippen molar-refractivity contribution in [1.29, 1.82) is 0 Å². The Morgan fingerprint density at radius 1 is 1.20 bits per heavy atom. The molecule has 0 saturated carbocycles. The van der Waals surface area contributed by atoms with Crippen LogP contribution in [-0.2, 0) is 11.2 Å². The highest BCUT2D eigenvalue weighted by Gasteiger charge is 2.26. The van der Waals surface area contributed by atoms with Crippen molar-refractivity contribution >= 4 is 17.5 Å². The maximum Gasteiger partial charge on any atom is 0.227 e. The first-order chi connectivity index (χ1) is 9.42. The molecule has 1 rings (SSSR count). The highest BCUT2D eigenvalue weighted by Crippen LogP contribution is 2.18.